The van der Waals surface area contributed by atoms with Gasteiger partial charge < -0.3 is 9.67 Å². The molecule has 6 aromatic rings. The summed E-state index contributed by atoms with van der Waals surface area (Å²) in [4.78, 5) is 15.0. The van der Waals surface area contributed by atoms with E-state index in [0.29, 0.717) is 0 Å². The molecule has 1 radical (unpaired) electrons. The van der Waals surface area contributed by atoms with E-state index < -0.39 is 0 Å². The molecule has 0 unspecified atom stereocenters. The second kappa shape index (κ2) is 10.5. The number of para-hydroxylation sites is 1. The van der Waals surface area contributed by atoms with Crippen LogP contribution < -0.4 is 0 Å². The zero-order valence-electron chi connectivity index (χ0n) is 22.8. The molecule has 4 nitrogen and oxygen atoms in total. The van der Waals surface area contributed by atoms with E-state index in [4.69, 9.17) is 10.1 Å². The summed E-state index contributed by atoms with van der Waals surface area (Å²) in [6, 6.07) is 34.1. The van der Waals surface area contributed by atoms with Crippen LogP contribution in [0.1, 0.15) is 38.8 Å². The number of hydrogen-bond donors (Lipinski definition) is 1. The molecular weight excluding hydrogens is 673 g/mol. The van der Waals surface area contributed by atoms with Gasteiger partial charge >= 0.3 is 0 Å². The molecule has 4 aromatic carbocycles. The van der Waals surface area contributed by atoms with Crippen LogP contribution in [0.15, 0.2) is 103 Å². The van der Waals surface area contributed by atoms with Gasteiger partial charge in [-0.2, -0.15) is 0 Å². The van der Waals surface area contributed by atoms with Gasteiger partial charge in [-0.25, -0.2) is 0 Å². The van der Waals surface area contributed by atoms with E-state index in [1.165, 1.54) is 63.9 Å². The van der Waals surface area contributed by atoms with Gasteiger partial charge in [-0.3, -0.25) is 9.78 Å². The van der Waals surface area contributed by atoms with Gasteiger partial charge in [0.1, 0.15) is 0 Å². The van der Waals surface area contributed by atoms with E-state index in [2.05, 4.69) is 109 Å². The van der Waals surface area contributed by atoms with E-state index in [-0.39, 0.29) is 37.1 Å². The summed E-state index contributed by atoms with van der Waals surface area (Å²) in [6.45, 7) is 7.52. The standard InChI is InChI=1S/C30H21N2.C5H8O2.Ir/c1-30(2)23-13-8-14-25-27(23)28-26(32(25)21-11-4-3-5-12-21)15-16-31-29(28)22-17-19-9-6-7-10-20(19)18-24(22)30;1-4(6)3-5(2)7;/h3-16,18H,1-2H3;3,6H,1-2H3;/q-1;;/b;4-3-;. The predicted octanol–water partition coefficient (Wildman–Crippen LogP) is 8.47. The van der Waals surface area contributed by atoms with Crippen LogP contribution in [0.4, 0.5) is 0 Å². The van der Waals surface area contributed by atoms with Crippen LogP contribution in [0.3, 0.4) is 0 Å². The van der Waals surface area contributed by atoms with Crippen molar-refractivity contribution in [3.05, 3.63) is 120 Å². The van der Waals surface area contributed by atoms with E-state index >= 15 is 0 Å². The normalized spacial score (nSPS) is 13.3. The number of allylic oxidation sites excluding steroid dienone is 2. The molecule has 0 spiro atoms. The van der Waals surface area contributed by atoms with Crippen molar-refractivity contribution in [2.75, 3.05) is 0 Å². The first-order chi connectivity index (χ1) is 18.8. The average Bonchev–Trinajstić information content (AvgIpc) is 3.23. The number of benzene rings is 4. The number of carbonyl (C=O) groups is 1. The third-order valence-electron chi connectivity index (χ3n) is 7.50. The maximum Gasteiger partial charge on any atom is 0.155 e. The van der Waals surface area contributed by atoms with Crippen molar-refractivity contribution in [1.29, 1.82) is 0 Å². The molecule has 40 heavy (non-hydrogen) atoms. The number of aromatic nitrogens is 2. The molecule has 0 saturated heterocycles. The second-order valence-electron chi connectivity index (χ2n) is 10.6. The monoisotopic (exact) mass is 702 g/mol. The van der Waals surface area contributed by atoms with Crippen molar-refractivity contribution in [1.82, 2.24) is 9.55 Å². The molecule has 201 valence electrons. The summed E-state index contributed by atoms with van der Waals surface area (Å²) in [6.07, 6.45) is 3.11. The van der Waals surface area contributed by atoms with Gasteiger partial charge in [-0.1, -0.05) is 78.9 Å². The molecule has 5 heteroatoms. The van der Waals surface area contributed by atoms with Crippen LogP contribution in [0.5, 0.6) is 0 Å². The van der Waals surface area contributed by atoms with Gasteiger partial charge in [0.15, 0.2) is 5.78 Å². The van der Waals surface area contributed by atoms with Crippen molar-refractivity contribution in [2.45, 2.75) is 33.1 Å². The third kappa shape index (κ3) is 4.46. The Morgan fingerprint density at radius 1 is 0.875 bits per heavy atom. The van der Waals surface area contributed by atoms with Crippen LogP contribution in [0.25, 0.3) is 49.5 Å². The molecule has 0 amide bonds. The van der Waals surface area contributed by atoms with Crippen LogP contribution in [0, 0.1) is 6.07 Å². The van der Waals surface area contributed by atoms with E-state index in [1.807, 2.05) is 6.20 Å². The zero-order chi connectivity index (χ0) is 27.3. The Labute approximate surface area is 247 Å². The summed E-state index contributed by atoms with van der Waals surface area (Å²) < 4.78 is 2.38. The third-order valence-corrected chi connectivity index (χ3v) is 7.50. The van der Waals surface area contributed by atoms with Crippen LogP contribution >= 0.6 is 0 Å². The number of fused-ring (bicyclic) bond motifs is 3. The minimum Gasteiger partial charge on any atom is -0.512 e. The largest absolute Gasteiger partial charge is 0.512 e. The smallest absolute Gasteiger partial charge is 0.155 e. The summed E-state index contributed by atoms with van der Waals surface area (Å²) >= 11 is 0. The van der Waals surface area contributed by atoms with Crippen molar-refractivity contribution < 1.29 is 30.0 Å². The van der Waals surface area contributed by atoms with Crippen molar-refractivity contribution >= 4 is 38.4 Å². The molecule has 0 saturated carbocycles. The minimum atomic E-state index is -0.189. The van der Waals surface area contributed by atoms with Crippen molar-refractivity contribution in [3.63, 3.8) is 0 Å². The Hall–Kier alpha value is -4.05. The van der Waals surface area contributed by atoms with Gasteiger partial charge in [0.25, 0.3) is 0 Å². The Morgan fingerprint density at radius 2 is 1.57 bits per heavy atom. The topological polar surface area (TPSA) is 55.1 Å². The number of hydrogen-bond acceptors (Lipinski definition) is 3. The first-order valence-electron chi connectivity index (χ1n) is 13.1. The fourth-order valence-corrected chi connectivity index (χ4v) is 5.85. The zero-order valence-corrected chi connectivity index (χ0v) is 25.2. The van der Waals surface area contributed by atoms with Crippen molar-refractivity contribution in [3.8, 4) is 16.9 Å². The minimum absolute atomic E-state index is 0. The number of aliphatic hydroxyl groups is 1. The average molecular weight is 702 g/mol. The van der Waals surface area contributed by atoms with Gasteiger partial charge in [-0.15, -0.1) is 23.6 Å². The SMILES string of the molecule is CC(=O)/C=C(/C)O.CC1(C)c2cc3ccccc3[c-]c2-c2nccc3c2c2c1cccc2n3-c1ccccc1.[Ir]. The number of aliphatic hydroxyl groups excluding tert-OH is 1. The fourth-order valence-electron chi connectivity index (χ4n) is 5.85. The van der Waals surface area contributed by atoms with E-state index in [1.54, 1.807) is 0 Å². The summed E-state index contributed by atoms with van der Waals surface area (Å²) in [7, 11) is 0. The number of carbonyl (C=O) groups excluding carboxylic acids is 1. The second-order valence-corrected chi connectivity index (χ2v) is 10.6. The molecular formula is C35H29IrN2O2-. The molecule has 1 N–H and O–H groups in total. The molecule has 2 aromatic heterocycles. The molecule has 1 aliphatic carbocycles. The fraction of sp³-hybridized carbons (Fsp3) is 0.143. The molecule has 0 fully saturated rings. The Morgan fingerprint density at radius 3 is 2.27 bits per heavy atom. The first kappa shape index (κ1) is 27.5. The molecule has 2 heterocycles. The molecule has 0 aliphatic heterocycles. The summed E-state index contributed by atoms with van der Waals surface area (Å²) in [5.74, 6) is -0.0625. The van der Waals surface area contributed by atoms with Gasteiger partial charge in [0.2, 0.25) is 0 Å². The Balaban J connectivity index is 0.000000362. The van der Waals surface area contributed by atoms with Crippen LogP contribution in [0.2, 0.25) is 0 Å². The van der Waals surface area contributed by atoms with Crippen molar-refractivity contribution in [2.24, 2.45) is 0 Å². The van der Waals surface area contributed by atoms with E-state index in [0.717, 1.165) is 16.6 Å². The quantitative estimate of drug-likeness (QED) is 0.112. The molecule has 1 aliphatic rings. The summed E-state index contributed by atoms with van der Waals surface area (Å²) in [5.41, 5.74) is 8.16. The maximum atomic E-state index is 10.0. The molecule has 7 rings (SSSR count). The maximum absolute atomic E-state index is 10.0. The first-order valence-corrected chi connectivity index (χ1v) is 13.1. The number of rotatable bonds is 2. The van der Waals surface area contributed by atoms with Gasteiger partial charge in [0, 0.05) is 54.5 Å². The Bertz CT molecular complexity index is 1930. The Kier molecular flexibility index (Phi) is 7.22. The van der Waals surface area contributed by atoms with E-state index in [9.17, 15) is 4.79 Å². The van der Waals surface area contributed by atoms with Crippen LogP contribution in [-0.4, -0.2) is 20.4 Å². The molecule has 0 atom stereocenters. The number of nitrogens with zero attached hydrogens (tertiary/aromatic N) is 2. The molecule has 0 bridgehead atoms. The van der Waals surface area contributed by atoms with Gasteiger partial charge in [-0.05, 0) is 49.1 Å². The predicted molar refractivity (Wildman–Crippen MR) is 160 cm³/mol. The van der Waals surface area contributed by atoms with Crippen LogP contribution in [-0.2, 0) is 30.3 Å². The number of pyridine rings is 1. The van der Waals surface area contributed by atoms with Gasteiger partial charge in [0.05, 0.1) is 16.8 Å². The number of ketones is 1. The summed E-state index contributed by atoms with van der Waals surface area (Å²) in [5, 5.41) is 13.2.